The Morgan fingerprint density at radius 2 is 1.60 bits per heavy atom. The lowest BCUT2D eigenvalue weighted by Gasteiger charge is -2.19. The van der Waals surface area contributed by atoms with Gasteiger partial charge in [0.2, 0.25) is 5.82 Å². The van der Waals surface area contributed by atoms with Crippen LogP contribution in [0.3, 0.4) is 0 Å². The van der Waals surface area contributed by atoms with Gasteiger partial charge in [-0.25, -0.2) is 9.59 Å². The van der Waals surface area contributed by atoms with E-state index in [0.29, 0.717) is 28.3 Å². The monoisotopic (exact) mass is 609 g/mol. The molecular weight excluding hydrogens is 578 g/mol. The van der Waals surface area contributed by atoms with Crippen LogP contribution in [-0.4, -0.2) is 49.8 Å². The zero-order valence-corrected chi connectivity index (χ0v) is 25.0. The van der Waals surface area contributed by atoms with Crippen LogP contribution in [0.25, 0.3) is 34.2 Å². The van der Waals surface area contributed by atoms with Gasteiger partial charge in [0.15, 0.2) is 5.76 Å². The van der Waals surface area contributed by atoms with Crippen molar-refractivity contribution in [2.24, 2.45) is 0 Å². The highest BCUT2D eigenvalue weighted by molar-refractivity contribution is 5.94. The average molecular weight is 610 g/mol. The number of hydrogen-bond acceptors (Lipinski definition) is 9. The molecule has 3 N–H and O–H groups in total. The number of hydrogen-bond donors (Lipinski definition) is 3. The molecule has 0 aliphatic rings. The van der Waals surface area contributed by atoms with Crippen molar-refractivity contribution in [3.05, 3.63) is 96.0 Å². The second kappa shape index (κ2) is 12.8. The predicted octanol–water partition coefficient (Wildman–Crippen LogP) is 6.14. The van der Waals surface area contributed by atoms with Gasteiger partial charge in [0.25, 0.3) is 11.8 Å². The Morgan fingerprint density at radius 1 is 0.911 bits per heavy atom. The minimum atomic E-state index is -1.24. The minimum absolute atomic E-state index is 0.00184. The van der Waals surface area contributed by atoms with Crippen molar-refractivity contribution >= 4 is 23.7 Å². The molecule has 1 unspecified atom stereocenters. The molecule has 45 heavy (non-hydrogen) atoms. The third-order valence-corrected chi connectivity index (χ3v) is 6.47. The van der Waals surface area contributed by atoms with Gasteiger partial charge in [-0.2, -0.15) is 4.98 Å². The molecule has 0 aliphatic heterocycles. The number of benzene rings is 2. The van der Waals surface area contributed by atoms with E-state index in [0.717, 1.165) is 11.1 Å². The van der Waals surface area contributed by atoms with Crippen molar-refractivity contribution in [2.75, 3.05) is 5.32 Å². The maximum Gasteiger partial charge on any atom is 0.412 e. The number of carbonyl (C=O) groups excluding carboxylic acids is 2. The van der Waals surface area contributed by atoms with Crippen molar-refractivity contribution in [2.45, 2.75) is 45.8 Å². The molecule has 12 heteroatoms. The number of rotatable bonds is 9. The van der Waals surface area contributed by atoms with E-state index < -0.39 is 29.6 Å². The Balaban J connectivity index is 1.20. The highest BCUT2D eigenvalue weighted by atomic mass is 16.6. The Hall–Kier alpha value is -5.78. The number of pyridine rings is 1. The molecule has 3 heterocycles. The molecule has 12 nitrogen and oxygen atoms in total. The quantitative estimate of drug-likeness (QED) is 0.176. The zero-order chi connectivity index (χ0) is 32.1. The van der Waals surface area contributed by atoms with E-state index in [1.54, 1.807) is 63.2 Å². The number of anilines is 1. The number of carboxylic acids is 1. The number of amides is 2. The van der Waals surface area contributed by atoms with E-state index in [1.807, 2.05) is 31.2 Å². The fourth-order valence-corrected chi connectivity index (χ4v) is 4.22. The molecule has 0 fully saturated rings. The van der Waals surface area contributed by atoms with Crippen molar-refractivity contribution in [3.8, 4) is 34.2 Å². The van der Waals surface area contributed by atoms with Crippen LogP contribution in [0.2, 0.25) is 0 Å². The van der Waals surface area contributed by atoms with Crippen LogP contribution < -0.4 is 10.6 Å². The van der Waals surface area contributed by atoms with Gasteiger partial charge >= 0.3 is 12.1 Å². The number of ether oxygens (including phenoxy) is 1. The van der Waals surface area contributed by atoms with Gasteiger partial charge in [0.1, 0.15) is 17.4 Å². The molecule has 0 saturated heterocycles. The Morgan fingerprint density at radius 3 is 2.24 bits per heavy atom. The Bertz CT molecular complexity index is 1800. The van der Waals surface area contributed by atoms with Gasteiger partial charge in [-0.3, -0.25) is 15.1 Å². The molecule has 2 aromatic carbocycles. The van der Waals surface area contributed by atoms with E-state index in [4.69, 9.17) is 13.7 Å². The first kappa shape index (κ1) is 30.7. The molecule has 0 bridgehead atoms. The van der Waals surface area contributed by atoms with Crippen molar-refractivity contribution in [1.29, 1.82) is 0 Å². The third-order valence-electron chi connectivity index (χ3n) is 6.47. The average Bonchev–Trinajstić information content (AvgIpc) is 3.68. The standard InChI is InChI=1S/C33H31N5O7/c1-19-5-7-20(8-6-19)26-15-16-27(43-26)29(39)36-25(31(40)41)17-24-14-11-22(18-34-24)28-37-30(45-38-28)21-9-12-23(13-10-21)35-32(42)44-33(2,3)4/h5-16,18,25H,17H2,1-4H3,(H,35,42)(H,36,39)(H,40,41). The lowest BCUT2D eigenvalue weighted by atomic mass is 10.1. The van der Waals surface area contributed by atoms with Gasteiger partial charge < -0.3 is 24.1 Å². The number of aliphatic carboxylic acids is 1. The molecule has 5 aromatic rings. The molecule has 1 atom stereocenters. The van der Waals surface area contributed by atoms with E-state index in [9.17, 15) is 19.5 Å². The highest BCUT2D eigenvalue weighted by Crippen LogP contribution is 2.25. The van der Waals surface area contributed by atoms with Gasteiger partial charge in [0, 0.05) is 40.7 Å². The summed E-state index contributed by atoms with van der Waals surface area (Å²) in [6.45, 7) is 7.31. The maximum atomic E-state index is 12.8. The van der Waals surface area contributed by atoms with Crippen LogP contribution in [0.1, 0.15) is 42.6 Å². The number of aromatic nitrogens is 3. The first-order valence-corrected chi connectivity index (χ1v) is 14.0. The summed E-state index contributed by atoms with van der Waals surface area (Å²) < 4.78 is 16.3. The number of furan rings is 1. The fourth-order valence-electron chi connectivity index (χ4n) is 4.22. The number of nitrogens with zero attached hydrogens (tertiary/aromatic N) is 3. The van der Waals surface area contributed by atoms with Crippen molar-refractivity contribution in [3.63, 3.8) is 0 Å². The summed E-state index contributed by atoms with van der Waals surface area (Å²) in [6.07, 6.45) is 0.876. The van der Waals surface area contributed by atoms with Crippen LogP contribution in [-0.2, 0) is 16.0 Å². The maximum absolute atomic E-state index is 12.8. The predicted molar refractivity (Wildman–Crippen MR) is 164 cm³/mol. The summed E-state index contributed by atoms with van der Waals surface area (Å²) in [5, 5.41) is 18.9. The zero-order valence-electron chi connectivity index (χ0n) is 25.0. The molecular formula is C33H31N5O7. The van der Waals surface area contributed by atoms with Crippen molar-refractivity contribution < 1.29 is 33.2 Å². The lowest BCUT2D eigenvalue weighted by Crippen LogP contribution is -2.42. The van der Waals surface area contributed by atoms with Crippen LogP contribution >= 0.6 is 0 Å². The van der Waals surface area contributed by atoms with E-state index in [2.05, 4.69) is 25.8 Å². The smallest absolute Gasteiger partial charge is 0.412 e. The second-order valence-corrected chi connectivity index (χ2v) is 11.3. The molecule has 3 aromatic heterocycles. The molecule has 2 amide bonds. The second-order valence-electron chi connectivity index (χ2n) is 11.3. The molecule has 0 spiro atoms. The van der Waals surface area contributed by atoms with Crippen LogP contribution in [0.4, 0.5) is 10.5 Å². The first-order chi connectivity index (χ1) is 21.4. The van der Waals surface area contributed by atoms with E-state index >= 15 is 0 Å². The largest absolute Gasteiger partial charge is 0.480 e. The molecule has 0 radical (unpaired) electrons. The summed E-state index contributed by atoms with van der Waals surface area (Å²) in [5.74, 6) is -0.816. The van der Waals surface area contributed by atoms with Gasteiger partial charge in [0.05, 0.1) is 0 Å². The van der Waals surface area contributed by atoms with Crippen LogP contribution in [0, 0.1) is 6.92 Å². The first-order valence-electron chi connectivity index (χ1n) is 14.0. The lowest BCUT2D eigenvalue weighted by molar-refractivity contribution is -0.139. The van der Waals surface area contributed by atoms with Gasteiger partial charge in [-0.15, -0.1) is 0 Å². The summed E-state index contributed by atoms with van der Waals surface area (Å²) in [7, 11) is 0. The van der Waals surface area contributed by atoms with Crippen LogP contribution in [0.15, 0.2) is 87.9 Å². The number of aryl methyl sites for hydroxylation is 1. The van der Waals surface area contributed by atoms with E-state index in [-0.39, 0.29) is 23.9 Å². The molecule has 0 aliphatic carbocycles. The number of carboxylic acid groups (broad SMARTS) is 1. The normalized spacial score (nSPS) is 11.9. The topological polar surface area (TPSA) is 170 Å². The van der Waals surface area contributed by atoms with Crippen LogP contribution in [0.5, 0.6) is 0 Å². The summed E-state index contributed by atoms with van der Waals surface area (Å²) in [4.78, 5) is 45.5. The number of nitrogens with one attached hydrogen (secondary N) is 2. The van der Waals surface area contributed by atoms with Gasteiger partial charge in [-0.1, -0.05) is 35.0 Å². The number of carbonyl (C=O) groups is 3. The van der Waals surface area contributed by atoms with E-state index in [1.165, 1.54) is 12.3 Å². The molecule has 5 rings (SSSR count). The third kappa shape index (κ3) is 7.99. The SMILES string of the molecule is Cc1ccc(-c2ccc(C(=O)NC(Cc3ccc(-c4noc(-c5ccc(NC(=O)OC(C)(C)C)cc5)n4)cn3)C(=O)O)o2)cc1. The summed E-state index contributed by atoms with van der Waals surface area (Å²) in [5.41, 5.74) is 3.44. The van der Waals surface area contributed by atoms with Gasteiger partial charge in [-0.05, 0) is 76.2 Å². The van der Waals surface area contributed by atoms with Crippen molar-refractivity contribution in [1.82, 2.24) is 20.4 Å². The summed E-state index contributed by atoms with van der Waals surface area (Å²) in [6, 6.07) is 19.7. The molecule has 0 saturated carbocycles. The minimum Gasteiger partial charge on any atom is -0.480 e. The highest BCUT2D eigenvalue weighted by Gasteiger charge is 2.24. The molecule has 230 valence electrons. The Kier molecular flexibility index (Phi) is 8.75. The summed E-state index contributed by atoms with van der Waals surface area (Å²) >= 11 is 0. The Labute approximate surface area is 258 Å². The fraction of sp³-hybridized carbons (Fsp3) is 0.212.